The topological polar surface area (TPSA) is 47.0 Å². The molecule has 0 aliphatic rings. The first-order valence-electron chi connectivity index (χ1n) is 10.5. The number of nitrogens with zero attached hydrogens (tertiary/aromatic N) is 2. The predicted octanol–water partition coefficient (Wildman–Crippen LogP) is 7.25. The average molecular weight is 468 g/mol. The van der Waals surface area contributed by atoms with Crippen LogP contribution in [0.25, 0.3) is 11.3 Å². The zero-order valence-corrected chi connectivity index (χ0v) is 18.5. The van der Waals surface area contributed by atoms with Gasteiger partial charge >= 0.3 is 6.18 Å². The van der Waals surface area contributed by atoms with E-state index in [0.717, 1.165) is 36.7 Å². The van der Waals surface area contributed by atoms with Gasteiger partial charge in [-0.15, -0.1) is 0 Å². The van der Waals surface area contributed by atoms with Gasteiger partial charge in [-0.2, -0.15) is 17.6 Å². The Balaban J connectivity index is 1.68. The lowest BCUT2D eigenvalue weighted by Gasteiger charge is -2.15. The molecule has 0 spiro atoms. The van der Waals surface area contributed by atoms with Crippen molar-refractivity contribution in [3.63, 3.8) is 0 Å². The number of aromatic nitrogens is 2. The Labute approximate surface area is 188 Å². The van der Waals surface area contributed by atoms with Crippen LogP contribution in [0.3, 0.4) is 0 Å². The van der Waals surface area contributed by atoms with Crippen LogP contribution in [-0.4, -0.2) is 23.2 Å². The number of ether oxygens (including phenoxy) is 1. The first kappa shape index (κ1) is 24.1. The zero-order valence-electron chi connectivity index (χ0n) is 17.7. The number of rotatable bonds is 11. The summed E-state index contributed by atoms with van der Waals surface area (Å²) < 4.78 is 60.7. The van der Waals surface area contributed by atoms with E-state index in [4.69, 9.17) is 4.74 Å². The second kappa shape index (κ2) is 11.4. The first-order valence-corrected chi connectivity index (χ1v) is 11.3. The van der Waals surface area contributed by atoms with E-state index in [1.54, 1.807) is 24.4 Å². The van der Waals surface area contributed by atoms with E-state index in [1.807, 2.05) is 0 Å². The van der Waals surface area contributed by atoms with Gasteiger partial charge in [-0.3, -0.25) is 4.98 Å². The van der Waals surface area contributed by atoms with Crippen LogP contribution in [0.1, 0.15) is 43.7 Å². The fourth-order valence-corrected chi connectivity index (χ4v) is 3.95. The maximum atomic E-state index is 14.3. The minimum absolute atomic E-state index is 0.109. The van der Waals surface area contributed by atoms with Gasteiger partial charge in [0.1, 0.15) is 5.69 Å². The number of nitrogens with one attached hydrogen (secondary N) is 1. The van der Waals surface area contributed by atoms with Gasteiger partial charge in [0.15, 0.2) is 5.13 Å². The van der Waals surface area contributed by atoms with Crippen molar-refractivity contribution in [2.45, 2.75) is 45.2 Å². The highest BCUT2D eigenvalue weighted by Crippen LogP contribution is 2.36. The molecule has 9 heteroatoms. The smallest absolute Gasteiger partial charge is 0.381 e. The maximum absolute atomic E-state index is 14.3. The summed E-state index contributed by atoms with van der Waals surface area (Å²) in [4.78, 5) is 8.11. The fraction of sp³-hybridized carbons (Fsp3) is 0.391. The van der Waals surface area contributed by atoms with Gasteiger partial charge in [0.05, 0.1) is 5.56 Å². The molecule has 4 nitrogen and oxygen atoms in total. The van der Waals surface area contributed by atoms with Crippen molar-refractivity contribution in [3.8, 4) is 11.3 Å². The Morgan fingerprint density at radius 1 is 1.09 bits per heavy atom. The largest absolute Gasteiger partial charge is 0.416 e. The van der Waals surface area contributed by atoms with Crippen LogP contribution < -0.4 is 5.32 Å². The molecule has 0 fully saturated rings. The average Bonchev–Trinajstić information content (AvgIpc) is 3.13. The van der Waals surface area contributed by atoms with Gasteiger partial charge in [0.25, 0.3) is 0 Å². The van der Waals surface area contributed by atoms with E-state index in [1.165, 1.54) is 12.3 Å². The summed E-state index contributed by atoms with van der Waals surface area (Å²) in [5, 5.41) is 2.43. The molecular formula is C23H25F4N3OS. The maximum Gasteiger partial charge on any atom is 0.416 e. The highest BCUT2D eigenvalue weighted by molar-refractivity contribution is 7.14. The van der Waals surface area contributed by atoms with Crippen LogP contribution in [0.2, 0.25) is 0 Å². The molecule has 1 N–H and O–H groups in total. The molecule has 0 amide bonds. The standard InChI is InChI=1S/C23H25F4N3OS/c1-2-3-4-12-31-13-6-8-16-9-10-18(14-19(16)23(25,26)27)29-22-30-20(21(24)32-22)17-7-5-11-28-15-17/h5,7,9-11,14-15H,2-4,6,8,12-13H2,1H3,(H,29,30). The summed E-state index contributed by atoms with van der Waals surface area (Å²) in [5.41, 5.74) is 0.303. The van der Waals surface area contributed by atoms with Crippen LogP contribution in [0, 0.1) is 5.13 Å². The van der Waals surface area contributed by atoms with E-state index in [0.29, 0.717) is 25.2 Å². The molecule has 172 valence electrons. The quantitative estimate of drug-likeness (QED) is 0.238. The fourth-order valence-electron chi connectivity index (χ4n) is 3.22. The third-order valence-corrected chi connectivity index (χ3v) is 5.57. The normalized spacial score (nSPS) is 11.7. The van der Waals surface area contributed by atoms with E-state index in [2.05, 4.69) is 22.2 Å². The molecular weight excluding hydrogens is 442 g/mol. The van der Waals surface area contributed by atoms with Crippen LogP contribution in [0.4, 0.5) is 28.4 Å². The zero-order chi connectivity index (χ0) is 23.0. The van der Waals surface area contributed by atoms with Crippen molar-refractivity contribution < 1.29 is 22.3 Å². The molecule has 0 aliphatic heterocycles. The van der Waals surface area contributed by atoms with E-state index in [-0.39, 0.29) is 28.5 Å². The van der Waals surface area contributed by atoms with Crippen LogP contribution in [0.15, 0.2) is 42.7 Å². The highest BCUT2D eigenvalue weighted by atomic mass is 32.1. The summed E-state index contributed by atoms with van der Waals surface area (Å²) in [6, 6.07) is 7.37. The van der Waals surface area contributed by atoms with Gasteiger partial charge in [0, 0.05) is 36.9 Å². The summed E-state index contributed by atoms with van der Waals surface area (Å²) in [6.07, 6.45) is 2.46. The van der Waals surface area contributed by atoms with Crippen LogP contribution >= 0.6 is 11.3 Å². The molecule has 0 atom stereocenters. The lowest BCUT2D eigenvalue weighted by molar-refractivity contribution is -0.138. The molecule has 3 rings (SSSR count). The Morgan fingerprint density at radius 2 is 1.91 bits per heavy atom. The predicted molar refractivity (Wildman–Crippen MR) is 119 cm³/mol. The van der Waals surface area contributed by atoms with Crippen LogP contribution in [-0.2, 0) is 17.3 Å². The van der Waals surface area contributed by atoms with Gasteiger partial charge in [-0.1, -0.05) is 37.2 Å². The number of halogens is 4. The number of aryl methyl sites for hydroxylation is 1. The van der Waals surface area contributed by atoms with Crippen molar-refractivity contribution in [2.75, 3.05) is 18.5 Å². The van der Waals surface area contributed by atoms with Gasteiger partial charge in [-0.25, -0.2) is 4.98 Å². The minimum atomic E-state index is -4.50. The molecule has 0 radical (unpaired) electrons. The second-order valence-electron chi connectivity index (χ2n) is 7.30. The highest BCUT2D eigenvalue weighted by Gasteiger charge is 2.33. The molecule has 32 heavy (non-hydrogen) atoms. The van der Waals surface area contributed by atoms with Crippen molar-refractivity contribution in [2.24, 2.45) is 0 Å². The second-order valence-corrected chi connectivity index (χ2v) is 8.25. The molecule has 0 aliphatic carbocycles. The molecule has 2 aromatic heterocycles. The third-order valence-electron chi connectivity index (χ3n) is 4.81. The summed E-state index contributed by atoms with van der Waals surface area (Å²) in [6.45, 7) is 3.16. The van der Waals surface area contributed by atoms with Gasteiger partial charge in [-0.05, 0) is 49.1 Å². The number of hydrogen-bond acceptors (Lipinski definition) is 5. The number of anilines is 2. The Kier molecular flexibility index (Phi) is 8.58. The Bertz CT molecular complexity index is 993. The number of unbranched alkanes of at least 4 members (excludes halogenated alkanes) is 2. The number of alkyl halides is 3. The number of pyridine rings is 1. The Morgan fingerprint density at radius 3 is 2.62 bits per heavy atom. The molecule has 0 saturated carbocycles. The van der Waals surface area contributed by atoms with E-state index in [9.17, 15) is 17.6 Å². The van der Waals surface area contributed by atoms with Gasteiger partial charge < -0.3 is 10.1 Å². The van der Waals surface area contributed by atoms with Crippen LogP contribution in [0.5, 0.6) is 0 Å². The molecule has 0 saturated heterocycles. The van der Waals surface area contributed by atoms with E-state index < -0.39 is 16.9 Å². The monoisotopic (exact) mass is 467 g/mol. The molecule has 0 bridgehead atoms. The summed E-state index contributed by atoms with van der Waals surface area (Å²) in [5.74, 6) is 0. The number of benzene rings is 1. The number of hydrogen-bond donors (Lipinski definition) is 1. The lowest BCUT2D eigenvalue weighted by Crippen LogP contribution is -2.11. The van der Waals surface area contributed by atoms with Crippen molar-refractivity contribution in [1.82, 2.24) is 9.97 Å². The van der Waals surface area contributed by atoms with Crippen molar-refractivity contribution in [3.05, 3.63) is 59.0 Å². The first-order chi connectivity index (χ1) is 15.4. The van der Waals surface area contributed by atoms with Crippen molar-refractivity contribution in [1.29, 1.82) is 0 Å². The molecule has 2 heterocycles. The number of thiazole rings is 1. The summed E-state index contributed by atoms with van der Waals surface area (Å²) in [7, 11) is 0. The molecule has 1 aromatic carbocycles. The summed E-state index contributed by atoms with van der Waals surface area (Å²) >= 11 is 0.732. The SMILES string of the molecule is CCCCCOCCCc1ccc(Nc2nc(-c3cccnc3)c(F)s2)cc1C(F)(F)F. The third kappa shape index (κ3) is 6.74. The Hall–Kier alpha value is -2.52. The lowest BCUT2D eigenvalue weighted by atomic mass is 10.0. The van der Waals surface area contributed by atoms with Gasteiger partial charge in [0.2, 0.25) is 5.13 Å². The molecule has 3 aromatic rings. The van der Waals surface area contributed by atoms with E-state index >= 15 is 0 Å². The van der Waals surface area contributed by atoms with Crippen molar-refractivity contribution >= 4 is 22.2 Å². The minimum Gasteiger partial charge on any atom is -0.381 e. The molecule has 0 unspecified atom stereocenters.